The summed E-state index contributed by atoms with van der Waals surface area (Å²) in [5, 5.41) is 0. The maximum atomic E-state index is 5.31. The van der Waals surface area contributed by atoms with Crippen molar-refractivity contribution in [2.24, 2.45) is 5.73 Å². The lowest BCUT2D eigenvalue weighted by Gasteiger charge is -2.09. The highest BCUT2D eigenvalue weighted by molar-refractivity contribution is 4.89. The molecule has 0 saturated heterocycles. The Kier molecular flexibility index (Phi) is 1.32. The summed E-state index contributed by atoms with van der Waals surface area (Å²) in [6, 6.07) is 0. The summed E-state index contributed by atoms with van der Waals surface area (Å²) >= 11 is 0. The van der Waals surface area contributed by atoms with E-state index in [2.05, 4.69) is 11.0 Å². The van der Waals surface area contributed by atoms with E-state index in [4.69, 9.17) is 5.73 Å². The van der Waals surface area contributed by atoms with Gasteiger partial charge < -0.3 is 10.6 Å². The summed E-state index contributed by atoms with van der Waals surface area (Å²) in [4.78, 5) is 2.08. The smallest absolute Gasteiger partial charge is 0.0651 e. The van der Waals surface area contributed by atoms with Gasteiger partial charge in [-0.15, -0.1) is 0 Å². The van der Waals surface area contributed by atoms with Crippen LogP contribution < -0.4 is 5.73 Å². The van der Waals surface area contributed by atoms with Crippen LogP contribution >= 0.6 is 0 Å². The van der Waals surface area contributed by atoms with Crippen molar-refractivity contribution in [3.63, 3.8) is 0 Å². The van der Waals surface area contributed by atoms with Crippen molar-refractivity contribution in [1.82, 2.24) is 4.90 Å². The lowest BCUT2D eigenvalue weighted by Crippen LogP contribution is -2.22. The van der Waals surface area contributed by atoms with E-state index in [-0.39, 0.29) is 0 Å². The minimum atomic E-state index is 0.663. The lowest BCUT2D eigenvalue weighted by molar-refractivity contribution is 0.419. The predicted octanol–water partition coefficient (Wildman–Crippen LogP) is 0.122. The highest BCUT2D eigenvalue weighted by Crippen LogP contribution is 1.99. The molecule has 0 spiro atoms. The molecule has 0 saturated carbocycles. The van der Waals surface area contributed by atoms with Gasteiger partial charge in [0.15, 0.2) is 0 Å². The Morgan fingerprint density at radius 3 is 2.86 bits per heavy atom. The SMILES string of the molecule is NCN1C=CCC1. The topological polar surface area (TPSA) is 29.3 Å². The number of hydrogen-bond donors (Lipinski definition) is 1. The molecule has 1 aliphatic heterocycles. The highest BCUT2D eigenvalue weighted by Gasteiger charge is 1.97. The third kappa shape index (κ3) is 0.933. The zero-order valence-electron chi connectivity index (χ0n) is 4.30. The van der Waals surface area contributed by atoms with Crippen LogP contribution in [0.4, 0.5) is 0 Å². The standard InChI is InChI=1S/C5H10N2/c6-5-7-3-1-2-4-7/h1,3H,2,4-6H2. The Morgan fingerprint density at radius 2 is 2.57 bits per heavy atom. The minimum absolute atomic E-state index is 0.663. The molecule has 0 fully saturated rings. The Bertz CT molecular complexity index is 78.1. The quantitative estimate of drug-likeness (QED) is 0.505. The van der Waals surface area contributed by atoms with E-state index in [1.807, 2.05) is 6.20 Å². The molecular formula is C5H10N2. The largest absolute Gasteiger partial charge is 0.365 e. The van der Waals surface area contributed by atoms with E-state index >= 15 is 0 Å². The lowest BCUT2D eigenvalue weighted by atomic mass is 10.5. The maximum Gasteiger partial charge on any atom is 0.0651 e. The van der Waals surface area contributed by atoms with Crippen LogP contribution in [0.15, 0.2) is 12.3 Å². The van der Waals surface area contributed by atoms with Gasteiger partial charge in [-0.3, -0.25) is 0 Å². The van der Waals surface area contributed by atoms with Crippen molar-refractivity contribution in [2.75, 3.05) is 13.2 Å². The van der Waals surface area contributed by atoms with Crippen LogP contribution in [0.5, 0.6) is 0 Å². The van der Waals surface area contributed by atoms with E-state index < -0.39 is 0 Å². The molecule has 1 heterocycles. The molecule has 0 radical (unpaired) electrons. The van der Waals surface area contributed by atoms with Gasteiger partial charge in [-0.1, -0.05) is 6.08 Å². The Balaban J connectivity index is 2.28. The number of nitrogens with zero attached hydrogens (tertiary/aromatic N) is 1. The van der Waals surface area contributed by atoms with Crippen LogP contribution in [0.1, 0.15) is 6.42 Å². The van der Waals surface area contributed by atoms with Crippen molar-refractivity contribution < 1.29 is 0 Å². The summed E-state index contributed by atoms with van der Waals surface area (Å²) in [5.41, 5.74) is 5.31. The molecule has 40 valence electrons. The van der Waals surface area contributed by atoms with Crippen molar-refractivity contribution in [3.8, 4) is 0 Å². The molecule has 0 amide bonds. The Hall–Kier alpha value is -0.500. The molecule has 0 unspecified atom stereocenters. The van der Waals surface area contributed by atoms with Gasteiger partial charge in [-0.25, -0.2) is 0 Å². The third-order valence-electron chi connectivity index (χ3n) is 1.13. The Morgan fingerprint density at radius 1 is 1.71 bits per heavy atom. The van der Waals surface area contributed by atoms with Gasteiger partial charge in [-0.05, 0) is 12.6 Å². The second-order valence-electron chi connectivity index (χ2n) is 1.67. The summed E-state index contributed by atoms with van der Waals surface area (Å²) in [6.07, 6.45) is 5.34. The second-order valence-corrected chi connectivity index (χ2v) is 1.67. The number of nitrogens with two attached hydrogens (primary N) is 1. The number of rotatable bonds is 1. The van der Waals surface area contributed by atoms with E-state index in [0.29, 0.717) is 6.67 Å². The fourth-order valence-corrected chi connectivity index (χ4v) is 0.691. The normalized spacial score (nSPS) is 18.7. The molecule has 2 heteroatoms. The van der Waals surface area contributed by atoms with Gasteiger partial charge in [0.25, 0.3) is 0 Å². The molecule has 7 heavy (non-hydrogen) atoms. The first kappa shape index (κ1) is 4.65. The molecule has 0 aliphatic carbocycles. The van der Waals surface area contributed by atoms with Gasteiger partial charge >= 0.3 is 0 Å². The van der Waals surface area contributed by atoms with Crippen molar-refractivity contribution >= 4 is 0 Å². The van der Waals surface area contributed by atoms with Crippen LogP contribution in [0.2, 0.25) is 0 Å². The molecule has 1 aliphatic rings. The van der Waals surface area contributed by atoms with Crippen molar-refractivity contribution in [3.05, 3.63) is 12.3 Å². The minimum Gasteiger partial charge on any atom is -0.365 e. The predicted molar refractivity (Wildman–Crippen MR) is 29.5 cm³/mol. The molecule has 0 aromatic rings. The molecule has 0 bridgehead atoms. The molecule has 0 aromatic carbocycles. The van der Waals surface area contributed by atoms with Gasteiger partial charge in [0, 0.05) is 6.54 Å². The average Bonchev–Trinajstić information content (AvgIpc) is 2.14. The summed E-state index contributed by atoms with van der Waals surface area (Å²) < 4.78 is 0. The first-order valence-corrected chi connectivity index (χ1v) is 2.54. The van der Waals surface area contributed by atoms with Crippen LogP contribution in [0.25, 0.3) is 0 Å². The zero-order chi connectivity index (χ0) is 5.11. The zero-order valence-corrected chi connectivity index (χ0v) is 4.30. The fraction of sp³-hybridized carbons (Fsp3) is 0.600. The van der Waals surface area contributed by atoms with E-state index in [9.17, 15) is 0 Å². The Labute approximate surface area is 43.6 Å². The van der Waals surface area contributed by atoms with Crippen molar-refractivity contribution in [1.29, 1.82) is 0 Å². The van der Waals surface area contributed by atoms with Crippen LogP contribution in [0.3, 0.4) is 0 Å². The first-order chi connectivity index (χ1) is 3.43. The molecule has 2 nitrogen and oxygen atoms in total. The van der Waals surface area contributed by atoms with Crippen LogP contribution in [-0.4, -0.2) is 18.1 Å². The monoisotopic (exact) mass is 98.1 g/mol. The fourth-order valence-electron chi connectivity index (χ4n) is 0.691. The molecule has 0 aromatic heterocycles. The van der Waals surface area contributed by atoms with E-state index in [0.717, 1.165) is 13.0 Å². The van der Waals surface area contributed by atoms with Gasteiger partial charge in [0.1, 0.15) is 0 Å². The second kappa shape index (κ2) is 1.98. The third-order valence-corrected chi connectivity index (χ3v) is 1.13. The van der Waals surface area contributed by atoms with E-state index in [1.165, 1.54) is 0 Å². The average molecular weight is 98.1 g/mol. The van der Waals surface area contributed by atoms with Crippen LogP contribution in [-0.2, 0) is 0 Å². The highest BCUT2D eigenvalue weighted by atomic mass is 15.2. The first-order valence-electron chi connectivity index (χ1n) is 2.54. The number of hydrogen-bond acceptors (Lipinski definition) is 2. The molecule has 1 rings (SSSR count). The van der Waals surface area contributed by atoms with E-state index in [1.54, 1.807) is 0 Å². The molecule has 2 N–H and O–H groups in total. The van der Waals surface area contributed by atoms with Crippen LogP contribution in [0, 0.1) is 0 Å². The maximum absolute atomic E-state index is 5.31. The van der Waals surface area contributed by atoms with Gasteiger partial charge in [0.05, 0.1) is 6.67 Å². The summed E-state index contributed by atoms with van der Waals surface area (Å²) in [6.45, 7) is 1.77. The van der Waals surface area contributed by atoms with Gasteiger partial charge in [0.2, 0.25) is 0 Å². The van der Waals surface area contributed by atoms with Gasteiger partial charge in [-0.2, -0.15) is 0 Å². The van der Waals surface area contributed by atoms with Crippen molar-refractivity contribution in [2.45, 2.75) is 6.42 Å². The molecular weight excluding hydrogens is 88.1 g/mol. The molecule has 0 atom stereocenters. The summed E-state index contributed by atoms with van der Waals surface area (Å²) in [5.74, 6) is 0. The summed E-state index contributed by atoms with van der Waals surface area (Å²) in [7, 11) is 0.